The van der Waals surface area contributed by atoms with E-state index in [0.29, 0.717) is 12.5 Å². The second-order valence-electron chi connectivity index (χ2n) is 4.38. The molecule has 16 heavy (non-hydrogen) atoms. The quantitative estimate of drug-likeness (QED) is 0.802. The summed E-state index contributed by atoms with van der Waals surface area (Å²) in [7, 11) is 1.70. The Morgan fingerprint density at radius 3 is 2.69 bits per heavy atom. The van der Waals surface area contributed by atoms with E-state index in [1.807, 2.05) is 13.0 Å². The summed E-state index contributed by atoms with van der Waals surface area (Å²) in [6, 6.07) is 2.11. The largest absolute Gasteiger partial charge is 0.398 e. The summed E-state index contributed by atoms with van der Waals surface area (Å²) in [5, 5.41) is 3.33. The highest BCUT2D eigenvalue weighted by atomic mass is 16.5. The van der Waals surface area contributed by atoms with Crippen molar-refractivity contribution in [3.63, 3.8) is 0 Å². The predicted molar refractivity (Wildman–Crippen MR) is 67.5 cm³/mol. The number of anilines is 2. The zero-order valence-electron chi connectivity index (χ0n) is 10.4. The van der Waals surface area contributed by atoms with Crippen LogP contribution in [0, 0.1) is 12.8 Å². The molecule has 0 radical (unpaired) electrons. The Kier molecular flexibility index (Phi) is 4.55. The minimum Gasteiger partial charge on any atom is -0.398 e. The summed E-state index contributed by atoms with van der Waals surface area (Å²) < 4.78 is 5.17. The average Bonchev–Trinajstić information content (AvgIpc) is 2.22. The van der Waals surface area contributed by atoms with E-state index in [1.54, 1.807) is 13.3 Å². The van der Waals surface area contributed by atoms with Gasteiger partial charge in [-0.15, -0.1) is 0 Å². The van der Waals surface area contributed by atoms with Crippen LogP contribution in [0.15, 0.2) is 12.3 Å². The Morgan fingerprint density at radius 2 is 2.19 bits per heavy atom. The van der Waals surface area contributed by atoms with Gasteiger partial charge in [-0.25, -0.2) is 4.98 Å². The Balaban J connectivity index is 2.73. The number of aryl methyl sites for hydroxylation is 1. The molecular weight excluding hydrogens is 202 g/mol. The monoisotopic (exact) mass is 223 g/mol. The first kappa shape index (κ1) is 12.8. The number of aromatic nitrogens is 1. The number of nitrogens with zero attached hydrogens (tertiary/aromatic N) is 1. The van der Waals surface area contributed by atoms with Gasteiger partial charge in [0.1, 0.15) is 5.82 Å². The highest BCUT2D eigenvalue weighted by Crippen LogP contribution is 2.16. The van der Waals surface area contributed by atoms with Gasteiger partial charge in [0, 0.05) is 25.1 Å². The summed E-state index contributed by atoms with van der Waals surface area (Å²) in [4.78, 5) is 4.30. The molecule has 1 aromatic heterocycles. The SMILES string of the molecule is COCC(Nc1cc(N)c(C)cn1)C(C)C. The lowest BCUT2D eigenvalue weighted by molar-refractivity contribution is 0.171. The third-order valence-electron chi connectivity index (χ3n) is 2.63. The van der Waals surface area contributed by atoms with Crippen molar-refractivity contribution < 1.29 is 4.74 Å². The van der Waals surface area contributed by atoms with Gasteiger partial charge in [-0.2, -0.15) is 0 Å². The molecule has 1 heterocycles. The number of nitrogens with two attached hydrogens (primary N) is 1. The van der Waals surface area contributed by atoms with Gasteiger partial charge in [0.05, 0.1) is 12.6 Å². The Morgan fingerprint density at radius 1 is 1.50 bits per heavy atom. The molecule has 0 aliphatic heterocycles. The lowest BCUT2D eigenvalue weighted by Gasteiger charge is -2.22. The summed E-state index contributed by atoms with van der Waals surface area (Å²) in [5.41, 5.74) is 7.60. The van der Waals surface area contributed by atoms with E-state index in [2.05, 4.69) is 24.1 Å². The lowest BCUT2D eigenvalue weighted by Crippen LogP contribution is -2.30. The topological polar surface area (TPSA) is 60.2 Å². The standard InChI is InChI=1S/C12H21N3O/c1-8(2)11(7-16-4)15-12-5-10(13)9(3)6-14-12/h5-6,8,11H,7H2,1-4H3,(H3,13,14,15). The molecule has 3 N–H and O–H groups in total. The molecule has 4 heteroatoms. The second-order valence-corrected chi connectivity index (χ2v) is 4.38. The van der Waals surface area contributed by atoms with Crippen LogP contribution >= 0.6 is 0 Å². The molecule has 90 valence electrons. The van der Waals surface area contributed by atoms with Crippen molar-refractivity contribution in [3.05, 3.63) is 17.8 Å². The number of pyridine rings is 1. The smallest absolute Gasteiger partial charge is 0.128 e. The maximum absolute atomic E-state index is 5.84. The van der Waals surface area contributed by atoms with Gasteiger partial charge in [-0.3, -0.25) is 0 Å². The van der Waals surface area contributed by atoms with Gasteiger partial charge >= 0.3 is 0 Å². The van der Waals surface area contributed by atoms with E-state index in [-0.39, 0.29) is 6.04 Å². The molecule has 1 atom stereocenters. The van der Waals surface area contributed by atoms with Crippen LogP contribution in [-0.4, -0.2) is 24.7 Å². The Hall–Kier alpha value is -1.29. The molecule has 0 aromatic carbocycles. The molecule has 0 fully saturated rings. The molecule has 0 bridgehead atoms. The first-order valence-electron chi connectivity index (χ1n) is 5.52. The lowest BCUT2D eigenvalue weighted by atomic mass is 10.1. The molecule has 1 unspecified atom stereocenters. The fourth-order valence-corrected chi connectivity index (χ4v) is 1.39. The van der Waals surface area contributed by atoms with E-state index >= 15 is 0 Å². The zero-order valence-corrected chi connectivity index (χ0v) is 10.4. The second kappa shape index (κ2) is 5.70. The van der Waals surface area contributed by atoms with Crippen LogP contribution in [0.1, 0.15) is 19.4 Å². The number of hydrogen-bond donors (Lipinski definition) is 2. The van der Waals surface area contributed by atoms with Crippen LogP contribution in [0.25, 0.3) is 0 Å². The van der Waals surface area contributed by atoms with Crippen LogP contribution in [0.2, 0.25) is 0 Å². The van der Waals surface area contributed by atoms with Crippen LogP contribution in [0.3, 0.4) is 0 Å². The van der Waals surface area contributed by atoms with Gasteiger partial charge in [0.25, 0.3) is 0 Å². The van der Waals surface area contributed by atoms with E-state index in [4.69, 9.17) is 10.5 Å². The van der Waals surface area contributed by atoms with Gasteiger partial charge < -0.3 is 15.8 Å². The van der Waals surface area contributed by atoms with Crippen LogP contribution in [-0.2, 0) is 4.74 Å². The zero-order chi connectivity index (χ0) is 12.1. The Labute approximate surface area is 97.2 Å². The van der Waals surface area contributed by atoms with Crippen molar-refractivity contribution >= 4 is 11.5 Å². The molecule has 0 spiro atoms. The van der Waals surface area contributed by atoms with Gasteiger partial charge in [-0.1, -0.05) is 13.8 Å². The van der Waals surface area contributed by atoms with Crippen molar-refractivity contribution in [2.75, 3.05) is 24.8 Å². The predicted octanol–water partition coefficient (Wildman–Crippen LogP) is 2.06. The summed E-state index contributed by atoms with van der Waals surface area (Å²) >= 11 is 0. The number of rotatable bonds is 5. The highest BCUT2D eigenvalue weighted by molar-refractivity contribution is 5.53. The maximum atomic E-state index is 5.84. The molecule has 0 aliphatic carbocycles. The molecule has 0 saturated carbocycles. The third kappa shape index (κ3) is 3.38. The van der Waals surface area contributed by atoms with Gasteiger partial charge in [0.2, 0.25) is 0 Å². The number of methoxy groups -OCH3 is 1. The maximum Gasteiger partial charge on any atom is 0.128 e. The van der Waals surface area contributed by atoms with Crippen molar-refractivity contribution in [1.29, 1.82) is 0 Å². The fraction of sp³-hybridized carbons (Fsp3) is 0.583. The molecule has 1 rings (SSSR count). The van der Waals surface area contributed by atoms with Crippen molar-refractivity contribution in [1.82, 2.24) is 4.98 Å². The summed E-state index contributed by atoms with van der Waals surface area (Å²) in [6.45, 7) is 6.90. The van der Waals surface area contributed by atoms with Crippen LogP contribution in [0.4, 0.5) is 11.5 Å². The molecule has 4 nitrogen and oxygen atoms in total. The van der Waals surface area contributed by atoms with Crippen molar-refractivity contribution in [2.45, 2.75) is 26.8 Å². The van der Waals surface area contributed by atoms with Gasteiger partial charge in [0.15, 0.2) is 0 Å². The highest BCUT2D eigenvalue weighted by Gasteiger charge is 2.13. The first-order valence-corrected chi connectivity index (χ1v) is 5.52. The van der Waals surface area contributed by atoms with Crippen molar-refractivity contribution in [2.24, 2.45) is 5.92 Å². The van der Waals surface area contributed by atoms with Gasteiger partial charge in [-0.05, 0) is 18.4 Å². The average molecular weight is 223 g/mol. The minimum absolute atomic E-state index is 0.250. The minimum atomic E-state index is 0.250. The summed E-state index contributed by atoms with van der Waals surface area (Å²) in [6.07, 6.45) is 1.78. The number of nitrogen functional groups attached to an aromatic ring is 1. The number of nitrogens with one attached hydrogen (secondary N) is 1. The Bertz CT molecular complexity index is 339. The van der Waals surface area contributed by atoms with Crippen molar-refractivity contribution in [3.8, 4) is 0 Å². The molecular formula is C12H21N3O. The first-order chi connectivity index (χ1) is 7.54. The number of ether oxygens (including phenoxy) is 1. The fourth-order valence-electron chi connectivity index (χ4n) is 1.39. The molecule has 0 amide bonds. The van der Waals surface area contributed by atoms with E-state index in [1.165, 1.54) is 0 Å². The van der Waals surface area contributed by atoms with Crippen LogP contribution in [0.5, 0.6) is 0 Å². The molecule has 0 saturated heterocycles. The van der Waals surface area contributed by atoms with E-state index in [9.17, 15) is 0 Å². The number of hydrogen-bond acceptors (Lipinski definition) is 4. The van der Waals surface area contributed by atoms with E-state index < -0.39 is 0 Å². The third-order valence-corrected chi connectivity index (χ3v) is 2.63. The van der Waals surface area contributed by atoms with E-state index in [0.717, 1.165) is 17.1 Å². The summed E-state index contributed by atoms with van der Waals surface area (Å²) in [5.74, 6) is 1.28. The molecule has 1 aromatic rings. The van der Waals surface area contributed by atoms with Crippen LogP contribution < -0.4 is 11.1 Å². The molecule has 0 aliphatic rings. The normalized spacial score (nSPS) is 12.8.